The SMILES string of the molecule is COc1ccc(-c2nnc(-c3ccc(C)cc3)n2-c2ccccc2C)cc1. The first kappa shape index (κ1) is 17.0. The van der Waals surface area contributed by atoms with Crippen molar-refractivity contribution in [1.82, 2.24) is 14.8 Å². The molecule has 0 radical (unpaired) electrons. The Morgan fingerprint density at radius 3 is 1.81 bits per heavy atom. The lowest BCUT2D eigenvalue weighted by molar-refractivity contribution is 0.415. The van der Waals surface area contributed by atoms with Gasteiger partial charge in [-0.3, -0.25) is 4.57 Å². The average molecular weight is 355 g/mol. The molecule has 4 aromatic rings. The van der Waals surface area contributed by atoms with Crippen LogP contribution in [0.15, 0.2) is 72.8 Å². The number of nitrogens with zero attached hydrogens (tertiary/aromatic N) is 3. The maximum Gasteiger partial charge on any atom is 0.168 e. The fourth-order valence-corrected chi connectivity index (χ4v) is 3.14. The second-order valence-electron chi connectivity index (χ2n) is 6.56. The molecule has 4 heteroatoms. The van der Waals surface area contributed by atoms with Crippen LogP contribution in [0.5, 0.6) is 5.75 Å². The first-order chi connectivity index (χ1) is 13.2. The Hall–Kier alpha value is -3.40. The van der Waals surface area contributed by atoms with Gasteiger partial charge in [-0.25, -0.2) is 0 Å². The van der Waals surface area contributed by atoms with Gasteiger partial charge in [0, 0.05) is 11.1 Å². The molecule has 0 saturated heterocycles. The molecular formula is C23H21N3O. The van der Waals surface area contributed by atoms with Crippen molar-refractivity contribution in [2.45, 2.75) is 13.8 Å². The second kappa shape index (κ2) is 7.08. The quantitative estimate of drug-likeness (QED) is 0.503. The third-order valence-corrected chi connectivity index (χ3v) is 4.68. The summed E-state index contributed by atoms with van der Waals surface area (Å²) in [5.41, 5.74) is 5.49. The minimum absolute atomic E-state index is 0.808. The maximum absolute atomic E-state index is 5.28. The number of aromatic nitrogens is 3. The van der Waals surface area contributed by atoms with E-state index in [1.807, 2.05) is 36.4 Å². The zero-order valence-corrected chi connectivity index (χ0v) is 15.7. The third kappa shape index (κ3) is 3.22. The van der Waals surface area contributed by atoms with E-state index in [-0.39, 0.29) is 0 Å². The Labute approximate surface area is 159 Å². The Balaban J connectivity index is 1.94. The van der Waals surface area contributed by atoms with Crippen molar-refractivity contribution >= 4 is 0 Å². The molecule has 0 bridgehead atoms. The van der Waals surface area contributed by atoms with Crippen LogP contribution in [0.4, 0.5) is 0 Å². The Kier molecular flexibility index (Phi) is 4.47. The second-order valence-corrected chi connectivity index (χ2v) is 6.56. The van der Waals surface area contributed by atoms with Gasteiger partial charge in [-0.1, -0.05) is 48.0 Å². The normalized spacial score (nSPS) is 10.8. The lowest BCUT2D eigenvalue weighted by Crippen LogP contribution is -2.02. The summed E-state index contributed by atoms with van der Waals surface area (Å²) in [6, 6.07) is 24.6. The van der Waals surface area contributed by atoms with Crippen LogP contribution < -0.4 is 4.74 Å². The summed E-state index contributed by atoms with van der Waals surface area (Å²) >= 11 is 0. The average Bonchev–Trinajstić information content (AvgIpc) is 3.14. The molecule has 0 amide bonds. The van der Waals surface area contributed by atoms with E-state index < -0.39 is 0 Å². The highest BCUT2D eigenvalue weighted by molar-refractivity contribution is 5.68. The largest absolute Gasteiger partial charge is 0.497 e. The molecule has 4 nitrogen and oxygen atoms in total. The summed E-state index contributed by atoms with van der Waals surface area (Å²) in [6.07, 6.45) is 0. The van der Waals surface area contributed by atoms with Crippen LogP contribution in [0.25, 0.3) is 28.5 Å². The lowest BCUT2D eigenvalue weighted by Gasteiger charge is -2.13. The van der Waals surface area contributed by atoms with Gasteiger partial charge in [0.2, 0.25) is 0 Å². The van der Waals surface area contributed by atoms with Crippen molar-refractivity contribution < 1.29 is 4.74 Å². The summed E-state index contributed by atoms with van der Waals surface area (Å²) in [6.45, 7) is 4.19. The van der Waals surface area contributed by atoms with Crippen molar-refractivity contribution in [2.75, 3.05) is 7.11 Å². The summed E-state index contributed by atoms with van der Waals surface area (Å²) in [4.78, 5) is 0. The smallest absolute Gasteiger partial charge is 0.168 e. The van der Waals surface area contributed by atoms with E-state index >= 15 is 0 Å². The molecule has 134 valence electrons. The number of aryl methyl sites for hydroxylation is 2. The van der Waals surface area contributed by atoms with E-state index in [0.717, 1.165) is 34.2 Å². The lowest BCUT2D eigenvalue weighted by atomic mass is 10.1. The number of ether oxygens (including phenoxy) is 1. The molecule has 0 aliphatic rings. The van der Waals surface area contributed by atoms with Crippen molar-refractivity contribution in [3.63, 3.8) is 0 Å². The molecule has 0 saturated carbocycles. The van der Waals surface area contributed by atoms with Gasteiger partial charge in [0.25, 0.3) is 0 Å². The molecule has 0 aliphatic carbocycles. The Morgan fingerprint density at radius 2 is 1.26 bits per heavy atom. The van der Waals surface area contributed by atoms with Crippen LogP contribution in [-0.2, 0) is 0 Å². The predicted molar refractivity (Wildman–Crippen MR) is 108 cm³/mol. The number of rotatable bonds is 4. The van der Waals surface area contributed by atoms with Crippen LogP contribution in [0.3, 0.4) is 0 Å². The van der Waals surface area contributed by atoms with E-state index in [0.29, 0.717) is 0 Å². The van der Waals surface area contributed by atoms with Crippen LogP contribution >= 0.6 is 0 Å². The Bertz CT molecular complexity index is 1060. The fourth-order valence-electron chi connectivity index (χ4n) is 3.14. The maximum atomic E-state index is 5.28. The molecule has 0 unspecified atom stereocenters. The van der Waals surface area contributed by atoms with E-state index in [9.17, 15) is 0 Å². The summed E-state index contributed by atoms with van der Waals surface area (Å²) in [5, 5.41) is 9.06. The van der Waals surface area contributed by atoms with Crippen LogP contribution in [-0.4, -0.2) is 21.9 Å². The minimum atomic E-state index is 0.808. The highest BCUT2D eigenvalue weighted by atomic mass is 16.5. The van der Waals surface area contributed by atoms with Gasteiger partial charge in [-0.05, 0) is 49.7 Å². The van der Waals surface area contributed by atoms with Gasteiger partial charge in [0.1, 0.15) is 5.75 Å². The number of methoxy groups -OCH3 is 1. The first-order valence-electron chi connectivity index (χ1n) is 8.90. The molecule has 0 fully saturated rings. The molecule has 4 rings (SSSR count). The predicted octanol–water partition coefficient (Wildman–Crippen LogP) is 5.23. The molecule has 1 heterocycles. The minimum Gasteiger partial charge on any atom is -0.497 e. The van der Waals surface area contributed by atoms with E-state index in [4.69, 9.17) is 4.74 Å². The van der Waals surface area contributed by atoms with Gasteiger partial charge in [0.05, 0.1) is 12.8 Å². The van der Waals surface area contributed by atoms with Crippen molar-refractivity contribution in [3.05, 3.63) is 83.9 Å². The number of hydrogen-bond acceptors (Lipinski definition) is 3. The molecule has 0 aliphatic heterocycles. The van der Waals surface area contributed by atoms with Crippen LogP contribution in [0.2, 0.25) is 0 Å². The molecular weight excluding hydrogens is 334 g/mol. The van der Waals surface area contributed by atoms with Crippen molar-refractivity contribution in [2.24, 2.45) is 0 Å². The number of para-hydroxylation sites is 1. The van der Waals surface area contributed by atoms with Gasteiger partial charge < -0.3 is 4.74 Å². The van der Waals surface area contributed by atoms with Gasteiger partial charge in [0.15, 0.2) is 11.6 Å². The first-order valence-corrected chi connectivity index (χ1v) is 8.90. The van der Waals surface area contributed by atoms with E-state index in [1.54, 1.807) is 7.11 Å². The molecule has 3 aromatic carbocycles. The number of benzene rings is 3. The standard InChI is InChI=1S/C23H21N3O/c1-16-8-10-18(11-9-16)22-24-25-23(19-12-14-20(27-3)15-13-19)26(22)21-7-5-4-6-17(21)2/h4-15H,1-3H3. The molecule has 1 aromatic heterocycles. The van der Waals surface area contributed by atoms with E-state index in [2.05, 4.69) is 65.0 Å². The highest BCUT2D eigenvalue weighted by Crippen LogP contribution is 2.30. The summed E-state index contributed by atoms with van der Waals surface area (Å²) < 4.78 is 7.41. The Morgan fingerprint density at radius 1 is 0.704 bits per heavy atom. The molecule has 0 N–H and O–H groups in total. The topological polar surface area (TPSA) is 39.9 Å². The zero-order valence-electron chi connectivity index (χ0n) is 15.7. The molecule has 27 heavy (non-hydrogen) atoms. The molecule has 0 atom stereocenters. The van der Waals surface area contributed by atoms with Crippen molar-refractivity contribution in [3.8, 4) is 34.2 Å². The fraction of sp³-hybridized carbons (Fsp3) is 0.130. The van der Waals surface area contributed by atoms with Gasteiger partial charge >= 0.3 is 0 Å². The highest BCUT2D eigenvalue weighted by Gasteiger charge is 2.18. The monoisotopic (exact) mass is 355 g/mol. The zero-order chi connectivity index (χ0) is 18.8. The van der Waals surface area contributed by atoms with Gasteiger partial charge in [-0.15, -0.1) is 10.2 Å². The molecule has 0 spiro atoms. The third-order valence-electron chi connectivity index (χ3n) is 4.68. The summed E-state index contributed by atoms with van der Waals surface area (Å²) in [5.74, 6) is 2.46. The van der Waals surface area contributed by atoms with Crippen molar-refractivity contribution in [1.29, 1.82) is 0 Å². The van der Waals surface area contributed by atoms with Crippen LogP contribution in [0, 0.1) is 13.8 Å². The van der Waals surface area contributed by atoms with E-state index in [1.165, 1.54) is 11.1 Å². The van der Waals surface area contributed by atoms with Gasteiger partial charge in [-0.2, -0.15) is 0 Å². The summed E-state index contributed by atoms with van der Waals surface area (Å²) in [7, 11) is 1.67. The van der Waals surface area contributed by atoms with Crippen LogP contribution in [0.1, 0.15) is 11.1 Å². The number of hydrogen-bond donors (Lipinski definition) is 0.